The average Bonchev–Trinajstić information content (AvgIpc) is 3.13. The summed E-state index contributed by atoms with van der Waals surface area (Å²) in [4.78, 5) is 31.6. The Hall–Kier alpha value is -1.86. The molecule has 1 aromatic heterocycles. The van der Waals surface area contributed by atoms with Crippen LogP contribution in [0.25, 0.3) is 0 Å². The summed E-state index contributed by atoms with van der Waals surface area (Å²) in [5.74, 6) is -0.500. The zero-order valence-electron chi connectivity index (χ0n) is 12.9. The summed E-state index contributed by atoms with van der Waals surface area (Å²) in [6.45, 7) is 2.29. The maximum Gasteiger partial charge on any atom is 0.231 e. The largest absolute Gasteiger partial charge is 0.312 e. The maximum absolute atomic E-state index is 12.3. The number of benzene rings is 1. The molecule has 2 aromatic rings. The van der Waals surface area contributed by atoms with E-state index in [1.54, 1.807) is 16.7 Å². The van der Waals surface area contributed by atoms with Crippen LogP contribution in [0.15, 0.2) is 34.5 Å². The van der Waals surface area contributed by atoms with Gasteiger partial charge in [0.25, 0.3) is 0 Å². The molecule has 0 bridgehead atoms. The van der Waals surface area contributed by atoms with Crippen molar-refractivity contribution in [2.75, 3.05) is 23.0 Å². The third-order valence-electron chi connectivity index (χ3n) is 3.73. The first-order chi connectivity index (χ1) is 11.1. The van der Waals surface area contributed by atoms with Gasteiger partial charge in [-0.2, -0.15) is 0 Å². The van der Waals surface area contributed by atoms with Gasteiger partial charge in [0, 0.05) is 28.9 Å². The highest BCUT2D eigenvalue weighted by molar-refractivity contribution is 7.98. The Kier molecular flexibility index (Phi) is 4.68. The van der Waals surface area contributed by atoms with E-state index in [9.17, 15) is 9.59 Å². The fourth-order valence-corrected chi connectivity index (χ4v) is 3.61. The molecule has 23 heavy (non-hydrogen) atoms. The summed E-state index contributed by atoms with van der Waals surface area (Å²) in [6.07, 6.45) is 2.25. The van der Waals surface area contributed by atoms with E-state index in [-0.39, 0.29) is 24.2 Å². The highest BCUT2D eigenvalue weighted by Crippen LogP contribution is 2.28. The number of rotatable bonds is 4. The summed E-state index contributed by atoms with van der Waals surface area (Å²) in [5, 5.41) is 5.27. The van der Waals surface area contributed by atoms with Gasteiger partial charge >= 0.3 is 0 Å². The molecule has 0 aliphatic carbocycles. The van der Waals surface area contributed by atoms with Gasteiger partial charge in [-0.05, 0) is 37.4 Å². The summed E-state index contributed by atoms with van der Waals surface area (Å²) in [5.41, 5.74) is 1.72. The van der Waals surface area contributed by atoms with Gasteiger partial charge in [-0.3, -0.25) is 9.59 Å². The molecule has 2 heterocycles. The molecule has 1 aromatic carbocycles. The predicted molar refractivity (Wildman–Crippen MR) is 94.2 cm³/mol. The molecule has 3 rings (SSSR count). The number of aromatic nitrogens is 1. The fourth-order valence-electron chi connectivity index (χ4n) is 2.51. The number of hydrogen-bond acceptors (Lipinski definition) is 5. The van der Waals surface area contributed by atoms with Crippen LogP contribution in [0.4, 0.5) is 10.8 Å². The Morgan fingerprint density at radius 3 is 2.74 bits per heavy atom. The molecule has 0 spiro atoms. The molecule has 1 saturated heterocycles. The van der Waals surface area contributed by atoms with Crippen molar-refractivity contribution in [3.05, 3.63) is 35.3 Å². The summed E-state index contributed by atoms with van der Waals surface area (Å²) < 4.78 is 0. The topological polar surface area (TPSA) is 62.3 Å². The van der Waals surface area contributed by atoms with Crippen LogP contribution in [0.1, 0.15) is 12.1 Å². The molecular formula is C16H17N3O2S2. The molecule has 0 saturated carbocycles. The van der Waals surface area contributed by atoms with Crippen molar-refractivity contribution >= 4 is 45.7 Å². The van der Waals surface area contributed by atoms with Crippen molar-refractivity contribution in [2.24, 2.45) is 5.92 Å². The van der Waals surface area contributed by atoms with Crippen LogP contribution in [-0.4, -0.2) is 29.6 Å². The minimum Gasteiger partial charge on any atom is -0.312 e. The number of amides is 2. The van der Waals surface area contributed by atoms with E-state index < -0.39 is 0 Å². The van der Waals surface area contributed by atoms with Gasteiger partial charge in [0.2, 0.25) is 11.8 Å². The quantitative estimate of drug-likeness (QED) is 0.863. The van der Waals surface area contributed by atoms with Crippen molar-refractivity contribution in [1.82, 2.24) is 4.98 Å². The molecule has 1 aliphatic heterocycles. The Morgan fingerprint density at radius 1 is 1.39 bits per heavy atom. The third kappa shape index (κ3) is 3.56. The molecule has 1 N–H and O–H groups in total. The number of anilines is 2. The normalized spacial score (nSPS) is 17.6. The molecule has 1 unspecified atom stereocenters. The lowest BCUT2D eigenvalue weighted by Gasteiger charge is -2.16. The molecular weight excluding hydrogens is 330 g/mol. The minimum atomic E-state index is -0.341. The number of nitrogens with one attached hydrogen (secondary N) is 1. The van der Waals surface area contributed by atoms with E-state index >= 15 is 0 Å². The van der Waals surface area contributed by atoms with E-state index in [1.807, 2.05) is 42.8 Å². The molecule has 1 atom stereocenters. The Labute approximate surface area is 143 Å². The van der Waals surface area contributed by atoms with Crippen LogP contribution in [0.2, 0.25) is 0 Å². The molecule has 120 valence electrons. The minimum absolute atomic E-state index is 0.0163. The molecule has 2 amide bonds. The van der Waals surface area contributed by atoms with Gasteiger partial charge in [0.15, 0.2) is 5.13 Å². The van der Waals surface area contributed by atoms with Gasteiger partial charge in [-0.1, -0.05) is 0 Å². The van der Waals surface area contributed by atoms with E-state index in [0.29, 0.717) is 11.7 Å². The maximum atomic E-state index is 12.3. The number of carbonyl (C=O) groups is 2. The Balaban J connectivity index is 1.67. The molecule has 1 aliphatic rings. The Bertz CT molecular complexity index is 727. The zero-order chi connectivity index (χ0) is 16.4. The van der Waals surface area contributed by atoms with Crippen LogP contribution in [-0.2, 0) is 9.59 Å². The van der Waals surface area contributed by atoms with Gasteiger partial charge in [-0.25, -0.2) is 4.98 Å². The number of aryl methyl sites for hydroxylation is 1. The van der Waals surface area contributed by atoms with Crippen LogP contribution < -0.4 is 10.2 Å². The van der Waals surface area contributed by atoms with Crippen molar-refractivity contribution in [3.63, 3.8) is 0 Å². The fraction of sp³-hybridized carbons (Fsp3) is 0.312. The monoisotopic (exact) mass is 347 g/mol. The van der Waals surface area contributed by atoms with Crippen LogP contribution >= 0.6 is 23.1 Å². The highest BCUT2D eigenvalue weighted by atomic mass is 32.2. The zero-order valence-corrected chi connectivity index (χ0v) is 14.5. The molecule has 5 nitrogen and oxygen atoms in total. The first-order valence-electron chi connectivity index (χ1n) is 7.24. The van der Waals surface area contributed by atoms with E-state index in [1.165, 1.54) is 11.3 Å². The third-order valence-corrected chi connectivity index (χ3v) is 5.35. The lowest BCUT2D eigenvalue weighted by atomic mass is 10.1. The van der Waals surface area contributed by atoms with Crippen molar-refractivity contribution in [1.29, 1.82) is 0 Å². The van der Waals surface area contributed by atoms with E-state index in [0.717, 1.165) is 16.3 Å². The van der Waals surface area contributed by atoms with Gasteiger partial charge < -0.3 is 10.2 Å². The lowest BCUT2D eigenvalue weighted by molar-refractivity contribution is -0.122. The van der Waals surface area contributed by atoms with Gasteiger partial charge in [-0.15, -0.1) is 23.1 Å². The van der Waals surface area contributed by atoms with Crippen LogP contribution in [0, 0.1) is 12.8 Å². The van der Waals surface area contributed by atoms with Gasteiger partial charge in [0.1, 0.15) is 0 Å². The molecule has 7 heteroatoms. The van der Waals surface area contributed by atoms with Crippen molar-refractivity contribution < 1.29 is 9.59 Å². The summed E-state index contributed by atoms with van der Waals surface area (Å²) in [7, 11) is 0. The van der Waals surface area contributed by atoms with Crippen LogP contribution in [0.3, 0.4) is 0 Å². The SMILES string of the molecule is CSc1ccc(N2CC(C(=O)Nc3nc(C)cs3)CC2=O)cc1. The van der Waals surface area contributed by atoms with Crippen LogP contribution in [0.5, 0.6) is 0 Å². The number of carbonyl (C=O) groups excluding carboxylic acids is 2. The first kappa shape index (κ1) is 16.0. The molecule has 0 radical (unpaired) electrons. The second-order valence-electron chi connectivity index (χ2n) is 5.39. The lowest BCUT2D eigenvalue weighted by Crippen LogP contribution is -2.28. The number of hydrogen-bond donors (Lipinski definition) is 1. The number of nitrogens with zero attached hydrogens (tertiary/aromatic N) is 2. The average molecular weight is 347 g/mol. The van der Waals surface area contributed by atoms with Crippen molar-refractivity contribution in [3.8, 4) is 0 Å². The second kappa shape index (κ2) is 6.72. The van der Waals surface area contributed by atoms with Crippen molar-refractivity contribution in [2.45, 2.75) is 18.2 Å². The summed E-state index contributed by atoms with van der Waals surface area (Å²) in [6, 6.07) is 7.82. The van der Waals surface area contributed by atoms with Gasteiger partial charge in [0.05, 0.1) is 11.6 Å². The number of thiazole rings is 1. The predicted octanol–water partition coefficient (Wildman–Crippen LogP) is 3.17. The highest BCUT2D eigenvalue weighted by Gasteiger charge is 2.35. The summed E-state index contributed by atoms with van der Waals surface area (Å²) >= 11 is 3.05. The smallest absolute Gasteiger partial charge is 0.231 e. The standard InChI is InChI=1S/C16H17N3O2S2/c1-10-9-23-16(17-10)18-15(21)11-7-14(20)19(8-11)12-3-5-13(22-2)6-4-12/h3-6,9,11H,7-8H2,1-2H3,(H,17,18,21). The first-order valence-corrected chi connectivity index (χ1v) is 9.34. The van der Waals surface area contributed by atoms with E-state index in [4.69, 9.17) is 0 Å². The Morgan fingerprint density at radius 2 is 2.13 bits per heavy atom. The van der Waals surface area contributed by atoms with E-state index in [2.05, 4.69) is 10.3 Å². The molecule has 1 fully saturated rings. The number of thioether (sulfide) groups is 1. The second-order valence-corrected chi connectivity index (χ2v) is 7.12.